The monoisotopic (exact) mass is 455 g/mol. The van der Waals surface area contributed by atoms with Crippen LogP contribution in [0, 0.1) is 23.2 Å². The van der Waals surface area contributed by atoms with E-state index in [0.29, 0.717) is 12.5 Å². The van der Waals surface area contributed by atoms with Crippen molar-refractivity contribution in [2.45, 2.75) is 71.2 Å². The van der Waals surface area contributed by atoms with Gasteiger partial charge in [-0.15, -0.1) is 0 Å². The van der Waals surface area contributed by atoms with Gasteiger partial charge < -0.3 is 19.3 Å². The van der Waals surface area contributed by atoms with Crippen molar-refractivity contribution < 1.29 is 24.1 Å². The van der Waals surface area contributed by atoms with E-state index >= 15 is 0 Å². The van der Waals surface area contributed by atoms with E-state index in [1.807, 2.05) is 0 Å². The molecule has 33 heavy (non-hydrogen) atoms. The van der Waals surface area contributed by atoms with Crippen molar-refractivity contribution in [1.29, 1.82) is 0 Å². The normalized spacial score (nSPS) is 38.0. The number of carbonyl (C=O) groups excluding carboxylic acids is 1. The van der Waals surface area contributed by atoms with E-state index in [1.165, 1.54) is 16.7 Å². The molecular formula is C27H37NO5. The first-order valence-electron chi connectivity index (χ1n) is 12.3. The van der Waals surface area contributed by atoms with Gasteiger partial charge in [0.2, 0.25) is 0 Å². The van der Waals surface area contributed by atoms with E-state index in [9.17, 15) is 9.90 Å². The number of allylic oxidation sites excluding steroid dienone is 1. The van der Waals surface area contributed by atoms with Gasteiger partial charge in [-0.3, -0.25) is 9.69 Å². The number of hydrogen-bond donors (Lipinski definition) is 1. The molecule has 0 aromatic heterocycles. The van der Waals surface area contributed by atoms with Gasteiger partial charge in [-0.25, -0.2) is 0 Å². The highest BCUT2D eigenvalue weighted by atomic mass is 16.6. The molecule has 2 aliphatic carbocycles. The van der Waals surface area contributed by atoms with Crippen molar-refractivity contribution in [1.82, 2.24) is 4.90 Å². The minimum atomic E-state index is -0.564. The Morgan fingerprint density at radius 2 is 1.85 bits per heavy atom. The number of hydrogen-bond acceptors (Lipinski definition) is 6. The summed E-state index contributed by atoms with van der Waals surface area (Å²) in [5, 5.41) is 11.6. The molecule has 1 saturated heterocycles. The van der Waals surface area contributed by atoms with Gasteiger partial charge in [-0.1, -0.05) is 25.5 Å². The van der Waals surface area contributed by atoms with Gasteiger partial charge >= 0.3 is 5.97 Å². The average molecular weight is 456 g/mol. The van der Waals surface area contributed by atoms with E-state index in [-0.39, 0.29) is 35.4 Å². The summed E-state index contributed by atoms with van der Waals surface area (Å²) in [6.07, 6.45) is 5.29. The lowest BCUT2D eigenvalue weighted by Crippen LogP contribution is -2.55. The van der Waals surface area contributed by atoms with E-state index in [2.05, 4.69) is 43.9 Å². The third kappa shape index (κ3) is 3.48. The number of ether oxygens (including phenoxy) is 3. The predicted octanol–water partition coefficient (Wildman–Crippen LogP) is 3.74. The molecule has 5 rings (SSSR count). The first kappa shape index (κ1) is 22.7. The highest BCUT2D eigenvalue weighted by Crippen LogP contribution is 2.56. The Hall–Kier alpha value is -2.05. The highest BCUT2D eigenvalue weighted by molar-refractivity contribution is 5.76. The molecule has 0 spiro atoms. The Morgan fingerprint density at radius 3 is 2.55 bits per heavy atom. The third-order valence-corrected chi connectivity index (χ3v) is 9.22. The summed E-state index contributed by atoms with van der Waals surface area (Å²) in [5.41, 5.74) is 3.48. The van der Waals surface area contributed by atoms with Crippen LogP contribution >= 0.6 is 0 Å². The lowest BCUT2D eigenvalue weighted by molar-refractivity contribution is -0.145. The van der Waals surface area contributed by atoms with Crippen LogP contribution in [0.1, 0.15) is 51.2 Å². The molecule has 1 saturated carbocycles. The lowest BCUT2D eigenvalue weighted by Gasteiger charge is -2.52. The fourth-order valence-electron chi connectivity index (χ4n) is 6.89. The summed E-state index contributed by atoms with van der Waals surface area (Å²) < 4.78 is 16.9. The topological polar surface area (TPSA) is 68.2 Å². The predicted molar refractivity (Wildman–Crippen MR) is 125 cm³/mol. The molecule has 2 heterocycles. The van der Waals surface area contributed by atoms with Gasteiger partial charge in [0.05, 0.1) is 26.2 Å². The van der Waals surface area contributed by atoms with Gasteiger partial charge in [-0.2, -0.15) is 0 Å². The van der Waals surface area contributed by atoms with Crippen LogP contribution in [0.25, 0.3) is 0 Å². The Morgan fingerprint density at radius 1 is 1.15 bits per heavy atom. The smallest absolute Gasteiger partial charge is 0.311 e. The number of rotatable bonds is 4. The number of benzene rings is 1. The maximum Gasteiger partial charge on any atom is 0.311 e. The van der Waals surface area contributed by atoms with Crippen molar-refractivity contribution >= 4 is 5.97 Å². The molecular weight excluding hydrogens is 418 g/mol. The number of aliphatic hydroxyl groups excluding tert-OH is 1. The zero-order chi connectivity index (χ0) is 23.5. The standard InChI is InChI=1S/C27H37NO5/c1-15-7-6-8-19-12-23-24(25(29)27(15,19)3)20(26(30)33-23)14-28-13-18-11-22(32-5)21(31-4)10-17(18)9-16(28)2/h8,10-11,15-16,20,23-25,29H,6-7,9,12-14H2,1-5H3. The lowest BCUT2D eigenvalue weighted by atomic mass is 9.55. The second-order valence-electron chi connectivity index (χ2n) is 10.8. The SMILES string of the molecule is COc1cc2c(cc1OC)CN(CC1C(=O)OC3CC4=CCCC(C)C4(C)C(O)C31)C(C)C2. The molecule has 2 aliphatic heterocycles. The van der Waals surface area contributed by atoms with E-state index < -0.39 is 6.10 Å². The number of nitrogens with zero attached hydrogens (tertiary/aromatic N) is 1. The summed E-state index contributed by atoms with van der Waals surface area (Å²) in [6.45, 7) is 8.00. The number of aliphatic hydroxyl groups is 1. The van der Waals surface area contributed by atoms with Crippen molar-refractivity contribution in [3.8, 4) is 11.5 Å². The Bertz CT molecular complexity index is 974. The van der Waals surface area contributed by atoms with Crippen molar-refractivity contribution in [2.75, 3.05) is 20.8 Å². The zero-order valence-electron chi connectivity index (χ0n) is 20.5. The molecule has 1 N–H and O–H groups in total. The highest BCUT2D eigenvalue weighted by Gasteiger charge is 2.60. The third-order valence-electron chi connectivity index (χ3n) is 9.22. The molecule has 2 fully saturated rings. The second kappa shape index (κ2) is 8.31. The summed E-state index contributed by atoms with van der Waals surface area (Å²) in [5.74, 6) is 1.27. The molecule has 6 nitrogen and oxygen atoms in total. The van der Waals surface area contributed by atoms with E-state index in [4.69, 9.17) is 14.2 Å². The van der Waals surface area contributed by atoms with Gasteiger partial charge in [0.25, 0.3) is 0 Å². The molecule has 1 aromatic carbocycles. The zero-order valence-corrected chi connectivity index (χ0v) is 20.5. The van der Waals surface area contributed by atoms with Crippen molar-refractivity contribution in [2.24, 2.45) is 23.2 Å². The van der Waals surface area contributed by atoms with Crippen LogP contribution in [0.15, 0.2) is 23.8 Å². The minimum Gasteiger partial charge on any atom is -0.493 e. The van der Waals surface area contributed by atoms with Crippen LogP contribution in [-0.2, 0) is 22.5 Å². The van der Waals surface area contributed by atoms with Crippen molar-refractivity contribution in [3.63, 3.8) is 0 Å². The van der Waals surface area contributed by atoms with Gasteiger partial charge in [-0.05, 0) is 55.4 Å². The van der Waals surface area contributed by atoms with Gasteiger partial charge in [0.15, 0.2) is 11.5 Å². The Balaban J connectivity index is 1.40. The molecule has 0 bridgehead atoms. The maximum absolute atomic E-state index is 13.1. The fourth-order valence-corrected chi connectivity index (χ4v) is 6.89. The van der Waals surface area contributed by atoms with Gasteiger partial charge in [0, 0.05) is 36.9 Å². The number of methoxy groups -OCH3 is 2. The van der Waals surface area contributed by atoms with Gasteiger partial charge in [0.1, 0.15) is 6.10 Å². The van der Waals surface area contributed by atoms with E-state index in [0.717, 1.165) is 43.7 Å². The van der Waals surface area contributed by atoms with Crippen LogP contribution in [0.5, 0.6) is 11.5 Å². The van der Waals surface area contributed by atoms with Crippen LogP contribution < -0.4 is 9.47 Å². The summed E-state index contributed by atoms with van der Waals surface area (Å²) >= 11 is 0. The number of esters is 1. The molecule has 0 radical (unpaired) electrons. The summed E-state index contributed by atoms with van der Waals surface area (Å²) in [7, 11) is 3.32. The number of fused-ring (bicyclic) bond motifs is 3. The first-order valence-corrected chi connectivity index (χ1v) is 12.3. The Labute approximate surface area is 196 Å². The quantitative estimate of drug-likeness (QED) is 0.551. The second-order valence-corrected chi connectivity index (χ2v) is 10.8. The molecule has 7 atom stereocenters. The fraction of sp³-hybridized carbons (Fsp3) is 0.667. The molecule has 7 unspecified atom stereocenters. The van der Waals surface area contributed by atoms with Crippen LogP contribution in [0.3, 0.4) is 0 Å². The van der Waals surface area contributed by atoms with Crippen LogP contribution in [0.2, 0.25) is 0 Å². The van der Waals surface area contributed by atoms with Crippen LogP contribution in [-0.4, -0.2) is 55.0 Å². The largest absolute Gasteiger partial charge is 0.493 e. The maximum atomic E-state index is 13.1. The Kier molecular flexibility index (Phi) is 5.73. The van der Waals surface area contributed by atoms with E-state index in [1.54, 1.807) is 14.2 Å². The molecule has 1 aromatic rings. The van der Waals surface area contributed by atoms with Crippen molar-refractivity contribution in [3.05, 3.63) is 34.9 Å². The average Bonchev–Trinajstić information content (AvgIpc) is 3.10. The summed E-state index contributed by atoms with van der Waals surface area (Å²) in [6, 6.07) is 4.41. The minimum absolute atomic E-state index is 0.148. The molecule has 6 heteroatoms. The molecule has 4 aliphatic rings. The van der Waals surface area contributed by atoms with Crippen LogP contribution in [0.4, 0.5) is 0 Å². The summed E-state index contributed by atoms with van der Waals surface area (Å²) in [4.78, 5) is 15.4. The molecule has 180 valence electrons. The number of carbonyl (C=O) groups is 1. The molecule has 0 amide bonds. The first-order chi connectivity index (χ1) is 15.8.